The Balaban J connectivity index is 0.707. The van der Waals surface area contributed by atoms with Crippen molar-refractivity contribution in [2.45, 2.75) is 44.3 Å². The van der Waals surface area contributed by atoms with Gasteiger partial charge in [0.25, 0.3) is 5.91 Å². The van der Waals surface area contributed by atoms with Crippen molar-refractivity contribution in [3.63, 3.8) is 0 Å². The predicted molar refractivity (Wildman–Crippen MR) is 241 cm³/mol. The quantitative estimate of drug-likeness (QED) is 0.0743. The Labute approximate surface area is 383 Å². The highest BCUT2D eigenvalue weighted by Crippen LogP contribution is 2.43. The summed E-state index contributed by atoms with van der Waals surface area (Å²) in [6, 6.07) is 15.0. The van der Waals surface area contributed by atoms with Crippen LogP contribution in [0.2, 0.25) is 0 Å². The monoisotopic (exact) mass is 941 g/mol. The lowest BCUT2D eigenvalue weighted by atomic mass is 9.72. The summed E-state index contributed by atoms with van der Waals surface area (Å²) in [7, 11) is -4.36. The third-order valence-corrected chi connectivity index (χ3v) is 15.2. The number of H-pyrrole nitrogens is 1. The number of carbonyl (C=O) groups excluding carboxylic acids is 4. The number of amides is 3. The summed E-state index contributed by atoms with van der Waals surface area (Å²) in [5, 5.41) is 5.04. The average molecular weight is 942 g/mol. The molecule has 7 heterocycles. The summed E-state index contributed by atoms with van der Waals surface area (Å²) in [6.07, 6.45) is 3.80. The molecule has 10 rings (SSSR count). The molecule has 2 aromatic heterocycles. The number of carbonyl (C=O) groups is 4. The maximum absolute atomic E-state index is 15.7. The fourth-order valence-electron chi connectivity index (χ4n) is 10.2. The number of fused-ring (bicyclic) bond motifs is 1. The number of pyridine rings is 1. The Kier molecular flexibility index (Phi) is 11.5. The molecule has 0 unspecified atom stereocenters. The molecule has 3 amide bonds. The molecule has 2 atom stereocenters. The van der Waals surface area contributed by atoms with E-state index in [1.54, 1.807) is 18.3 Å². The van der Waals surface area contributed by atoms with Crippen molar-refractivity contribution in [3.05, 3.63) is 107 Å². The van der Waals surface area contributed by atoms with Crippen LogP contribution in [0, 0.1) is 28.8 Å². The van der Waals surface area contributed by atoms with Gasteiger partial charge in [-0.2, -0.15) is 12.7 Å². The molecule has 5 fully saturated rings. The number of aromatic amines is 1. The zero-order valence-corrected chi connectivity index (χ0v) is 37.0. The van der Waals surface area contributed by atoms with E-state index in [1.807, 2.05) is 29.0 Å². The fraction of sp³-hybridized carbons (Fsp3) is 0.383. The third-order valence-electron chi connectivity index (χ3n) is 13.7. The van der Waals surface area contributed by atoms with Crippen molar-refractivity contribution >= 4 is 61.8 Å². The van der Waals surface area contributed by atoms with E-state index in [4.69, 9.17) is 0 Å². The number of halogens is 4. The van der Waals surface area contributed by atoms with Gasteiger partial charge in [-0.3, -0.25) is 29.2 Å². The number of rotatable bonds is 12. The van der Waals surface area contributed by atoms with E-state index in [2.05, 4.69) is 35.3 Å². The molecule has 4 N–H and O–H groups in total. The number of ketones is 1. The minimum atomic E-state index is -4.36. The molecule has 0 saturated carbocycles. The number of hydrogen-bond donors (Lipinski definition) is 4. The number of hydrogen-bond acceptors (Lipinski definition) is 10. The highest BCUT2D eigenvalue weighted by atomic mass is 32.2. The molecule has 0 aliphatic carbocycles. The minimum absolute atomic E-state index is 0.00142. The van der Waals surface area contributed by atoms with Crippen LogP contribution in [0.15, 0.2) is 73.1 Å². The van der Waals surface area contributed by atoms with Crippen molar-refractivity contribution in [1.82, 2.24) is 29.8 Å². The average Bonchev–Trinajstić information content (AvgIpc) is 3.93. The first-order valence-electron chi connectivity index (χ1n) is 22.3. The van der Waals surface area contributed by atoms with E-state index in [0.717, 1.165) is 86.3 Å². The maximum atomic E-state index is 15.7. The summed E-state index contributed by atoms with van der Waals surface area (Å²) < 4.78 is 88.2. The molecular formula is C47H47F4N9O6S. The van der Waals surface area contributed by atoms with Crippen LogP contribution in [0.3, 0.4) is 0 Å². The fourth-order valence-corrected chi connectivity index (χ4v) is 11.4. The Bertz CT molecular complexity index is 2910. The smallest absolute Gasteiger partial charge is 0.301 e. The molecule has 15 nitrogen and oxygen atoms in total. The Morgan fingerprint density at radius 2 is 1.57 bits per heavy atom. The Morgan fingerprint density at radius 1 is 0.821 bits per heavy atom. The maximum Gasteiger partial charge on any atom is 0.301 e. The Morgan fingerprint density at radius 3 is 2.27 bits per heavy atom. The number of nitrogens with zero attached hydrogens (tertiary/aromatic N) is 5. The lowest BCUT2D eigenvalue weighted by Crippen LogP contribution is -2.72. The van der Waals surface area contributed by atoms with Crippen LogP contribution in [0.25, 0.3) is 22.2 Å². The molecule has 5 aromatic rings. The van der Waals surface area contributed by atoms with Gasteiger partial charge in [0.2, 0.25) is 17.6 Å². The van der Waals surface area contributed by atoms with Crippen molar-refractivity contribution in [2.75, 3.05) is 73.4 Å². The lowest BCUT2D eigenvalue weighted by Gasteiger charge is -2.61. The van der Waals surface area contributed by atoms with Crippen molar-refractivity contribution in [1.29, 1.82) is 0 Å². The number of aromatic nitrogens is 2. The van der Waals surface area contributed by atoms with E-state index >= 15 is 13.2 Å². The summed E-state index contributed by atoms with van der Waals surface area (Å²) in [4.78, 5) is 64.2. The molecule has 5 aliphatic heterocycles. The third kappa shape index (κ3) is 8.73. The van der Waals surface area contributed by atoms with Crippen LogP contribution in [0.5, 0.6) is 0 Å². The van der Waals surface area contributed by atoms with Crippen molar-refractivity contribution in [2.24, 2.45) is 11.3 Å². The highest BCUT2D eigenvalue weighted by molar-refractivity contribution is 7.90. The molecule has 5 saturated heterocycles. The van der Waals surface area contributed by atoms with Gasteiger partial charge in [0.05, 0.1) is 16.8 Å². The summed E-state index contributed by atoms with van der Waals surface area (Å²) in [5.74, 6) is -5.40. The van der Waals surface area contributed by atoms with Crippen LogP contribution in [0.4, 0.5) is 34.6 Å². The zero-order chi connectivity index (χ0) is 46.8. The van der Waals surface area contributed by atoms with E-state index < -0.39 is 81.2 Å². The first-order valence-corrected chi connectivity index (χ1v) is 23.7. The van der Waals surface area contributed by atoms with E-state index in [1.165, 1.54) is 18.3 Å². The van der Waals surface area contributed by atoms with Crippen LogP contribution < -0.4 is 25.2 Å². The molecule has 0 radical (unpaired) electrons. The number of alkyl halides is 1. The summed E-state index contributed by atoms with van der Waals surface area (Å²) >= 11 is 0. The van der Waals surface area contributed by atoms with Crippen molar-refractivity contribution in [3.8, 4) is 11.1 Å². The van der Waals surface area contributed by atoms with E-state index in [0.29, 0.717) is 28.2 Å². The second kappa shape index (κ2) is 17.4. The van der Waals surface area contributed by atoms with Gasteiger partial charge in [-0.05, 0) is 85.7 Å². The van der Waals surface area contributed by atoms with E-state index in [-0.39, 0.29) is 42.3 Å². The topological polar surface area (TPSA) is 180 Å². The van der Waals surface area contributed by atoms with Crippen LogP contribution >= 0.6 is 0 Å². The zero-order valence-electron chi connectivity index (χ0n) is 36.2. The molecular weight excluding hydrogens is 895 g/mol. The first kappa shape index (κ1) is 44.5. The molecule has 3 aromatic carbocycles. The standard InChI is InChI=1S/C47H47F4N9O6S/c48-30-13-16-60(22-30)67(65,66)56-38-8-7-36(49)41(42(38)51)43(62)35-20-53-44-34(35)17-29(19-52-44)28-1-3-31(4-2-28)59-25-47(26-59)23-57(24-47)21-27-11-14-58(15-12-27)32-5-6-33(37(50)18-32)45(63)54-39-9-10-40(61)55-46(39)64/h1-8,17-20,27,30,39,56H,9-16,21-26H2,(H,52,53)(H,54,63)(H,55,61,64)/t30-,39+/m1/s1. The van der Waals surface area contributed by atoms with Gasteiger partial charge in [0.15, 0.2) is 5.82 Å². The molecule has 350 valence electrons. The second-order valence-electron chi connectivity index (χ2n) is 18.4. The van der Waals surface area contributed by atoms with Gasteiger partial charge < -0.3 is 25.0 Å². The predicted octanol–water partition coefficient (Wildman–Crippen LogP) is 5.15. The Hall–Kier alpha value is -6.38. The molecule has 20 heteroatoms. The van der Waals surface area contributed by atoms with Gasteiger partial charge in [-0.25, -0.2) is 22.5 Å². The second-order valence-corrected chi connectivity index (χ2v) is 20.1. The van der Waals surface area contributed by atoms with Gasteiger partial charge in [-0.15, -0.1) is 0 Å². The van der Waals surface area contributed by atoms with E-state index in [9.17, 15) is 32.0 Å². The number of likely N-dealkylation sites (tertiary alicyclic amines) is 1. The van der Waals surface area contributed by atoms with Gasteiger partial charge in [0, 0.05) is 111 Å². The highest BCUT2D eigenvalue weighted by Gasteiger charge is 2.52. The number of nitrogens with one attached hydrogen (secondary N) is 4. The normalized spacial score (nSPS) is 21.3. The van der Waals surface area contributed by atoms with Gasteiger partial charge >= 0.3 is 10.2 Å². The molecule has 67 heavy (non-hydrogen) atoms. The largest absolute Gasteiger partial charge is 0.371 e. The molecule has 0 bridgehead atoms. The molecule has 1 spiro atoms. The van der Waals surface area contributed by atoms with Gasteiger partial charge in [0.1, 0.15) is 29.5 Å². The van der Waals surface area contributed by atoms with Gasteiger partial charge in [-0.1, -0.05) is 12.1 Å². The SMILES string of the molecule is O=C1CC[C@H](NC(=O)c2ccc(N3CCC(CN4CC5(C4)CN(c4ccc(-c6cnc7[nH]cc(C(=O)c8c(F)ccc(NS(=O)(=O)N9CC[C@@H](F)C9)c8F)c7c6)cc4)C5)CC3)cc2F)C(=O)N1. The summed E-state index contributed by atoms with van der Waals surface area (Å²) in [5.41, 5.74) is 2.05. The minimum Gasteiger partial charge on any atom is -0.371 e. The summed E-state index contributed by atoms with van der Waals surface area (Å²) in [6.45, 7) is 5.97. The first-order chi connectivity index (χ1) is 32.1. The van der Waals surface area contributed by atoms with Crippen LogP contribution in [0.1, 0.15) is 58.4 Å². The molecule has 5 aliphatic rings. The van der Waals surface area contributed by atoms with Crippen molar-refractivity contribution < 1.29 is 45.2 Å². The number of imide groups is 1. The number of benzene rings is 3. The van der Waals surface area contributed by atoms with Crippen LogP contribution in [-0.2, 0) is 19.8 Å². The number of piperidine rings is 2. The lowest BCUT2D eigenvalue weighted by molar-refractivity contribution is -0.134. The van der Waals surface area contributed by atoms with Crippen LogP contribution in [-0.4, -0.2) is 122 Å². The number of anilines is 3.